The Balaban J connectivity index is 2.18. The lowest BCUT2D eigenvalue weighted by atomic mass is 10.0. The van der Waals surface area contributed by atoms with Crippen molar-refractivity contribution in [3.63, 3.8) is 0 Å². The lowest BCUT2D eigenvalue weighted by Gasteiger charge is -2.13. The zero-order valence-electron chi connectivity index (χ0n) is 13.2. The third-order valence-corrected chi connectivity index (χ3v) is 4.34. The third-order valence-electron chi connectivity index (χ3n) is 3.41. The van der Waals surface area contributed by atoms with Gasteiger partial charge in [0.1, 0.15) is 11.7 Å². The highest BCUT2D eigenvalue weighted by Gasteiger charge is 2.18. The van der Waals surface area contributed by atoms with Crippen LogP contribution in [-0.2, 0) is 6.42 Å². The quantitative estimate of drug-likeness (QED) is 0.821. The number of nitrogens with one attached hydrogen (secondary N) is 1. The molecule has 0 bridgehead atoms. The van der Waals surface area contributed by atoms with Crippen molar-refractivity contribution in [2.75, 3.05) is 5.75 Å². The summed E-state index contributed by atoms with van der Waals surface area (Å²) in [7, 11) is 0. The van der Waals surface area contributed by atoms with Gasteiger partial charge in [0, 0.05) is 11.1 Å². The number of nitriles is 1. The van der Waals surface area contributed by atoms with E-state index < -0.39 is 6.04 Å². The fraction of sp³-hybridized carbons (Fsp3) is 0.278. The van der Waals surface area contributed by atoms with Gasteiger partial charge in [0.05, 0.1) is 6.07 Å². The monoisotopic (exact) mass is 325 g/mol. The Kier molecular flexibility index (Phi) is 6.19. The van der Waals surface area contributed by atoms with Gasteiger partial charge in [0.2, 0.25) is 0 Å². The van der Waals surface area contributed by atoms with Crippen LogP contribution in [0.4, 0.5) is 0 Å². The van der Waals surface area contributed by atoms with Gasteiger partial charge in [-0.25, -0.2) is 4.98 Å². The van der Waals surface area contributed by atoms with Crippen LogP contribution in [0.5, 0.6) is 0 Å². The number of thioether (sulfide) groups is 1. The smallest absolute Gasteiger partial charge is 0.272 e. The summed E-state index contributed by atoms with van der Waals surface area (Å²) < 4.78 is 0. The molecular weight excluding hydrogens is 306 g/mol. The number of hydrogen-bond donors (Lipinski definition) is 1. The predicted molar refractivity (Wildman–Crippen MR) is 92.3 cm³/mol. The van der Waals surface area contributed by atoms with Gasteiger partial charge in [0.25, 0.3) is 5.91 Å². The molecule has 2 aromatic rings. The Labute approximate surface area is 140 Å². The van der Waals surface area contributed by atoms with E-state index in [0.717, 1.165) is 22.6 Å². The molecule has 1 unspecified atom stereocenters. The maximum Gasteiger partial charge on any atom is 0.272 e. The minimum atomic E-state index is -0.685. The fourth-order valence-electron chi connectivity index (χ4n) is 2.17. The van der Waals surface area contributed by atoms with Crippen LogP contribution < -0.4 is 5.32 Å². The molecule has 0 radical (unpaired) electrons. The molecule has 0 aliphatic heterocycles. The lowest BCUT2D eigenvalue weighted by molar-refractivity contribution is 0.0937. The van der Waals surface area contributed by atoms with Crippen LogP contribution in [0, 0.1) is 11.3 Å². The molecule has 1 aromatic carbocycles. The first-order chi connectivity index (χ1) is 11.2. The highest BCUT2D eigenvalue weighted by Crippen LogP contribution is 2.21. The number of nitrogens with zero attached hydrogens (tertiary/aromatic N) is 2. The first-order valence-electron chi connectivity index (χ1n) is 7.56. The molecule has 5 heteroatoms. The zero-order chi connectivity index (χ0) is 16.7. The van der Waals surface area contributed by atoms with Crippen LogP contribution in [0.2, 0.25) is 0 Å². The largest absolute Gasteiger partial charge is 0.331 e. The van der Waals surface area contributed by atoms with Crippen LogP contribution in [-0.4, -0.2) is 16.6 Å². The van der Waals surface area contributed by atoms with E-state index in [4.69, 9.17) is 0 Å². The van der Waals surface area contributed by atoms with Crippen molar-refractivity contribution in [3.8, 4) is 6.07 Å². The van der Waals surface area contributed by atoms with Gasteiger partial charge in [-0.15, -0.1) is 11.8 Å². The van der Waals surface area contributed by atoms with E-state index in [9.17, 15) is 10.1 Å². The molecule has 2 rings (SSSR count). The molecule has 1 amide bonds. The van der Waals surface area contributed by atoms with E-state index >= 15 is 0 Å². The summed E-state index contributed by atoms with van der Waals surface area (Å²) in [5.41, 5.74) is 2.34. The molecule has 0 spiro atoms. The number of carbonyl (C=O) groups is 1. The van der Waals surface area contributed by atoms with Gasteiger partial charge < -0.3 is 5.32 Å². The number of rotatable bonds is 6. The summed E-state index contributed by atoms with van der Waals surface area (Å²) >= 11 is 1.56. The zero-order valence-corrected chi connectivity index (χ0v) is 14.1. The van der Waals surface area contributed by atoms with Gasteiger partial charge in [0.15, 0.2) is 0 Å². The molecule has 0 saturated carbocycles. The van der Waals surface area contributed by atoms with Crippen molar-refractivity contribution >= 4 is 17.7 Å². The van der Waals surface area contributed by atoms with E-state index in [1.807, 2.05) is 37.3 Å². The highest BCUT2D eigenvalue weighted by molar-refractivity contribution is 7.99. The fourth-order valence-corrected chi connectivity index (χ4v) is 2.94. The van der Waals surface area contributed by atoms with E-state index in [2.05, 4.69) is 23.3 Å². The van der Waals surface area contributed by atoms with E-state index in [0.29, 0.717) is 5.69 Å². The van der Waals surface area contributed by atoms with Gasteiger partial charge in [-0.1, -0.05) is 38.1 Å². The van der Waals surface area contributed by atoms with Crippen molar-refractivity contribution in [2.24, 2.45) is 0 Å². The summed E-state index contributed by atoms with van der Waals surface area (Å²) in [6.45, 7) is 4.10. The van der Waals surface area contributed by atoms with E-state index in [1.54, 1.807) is 24.0 Å². The first kappa shape index (κ1) is 17.0. The van der Waals surface area contributed by atoms with Crippen LogP contribution in [0.1, 0.15) is 41.5 Å². The van der Waals surface area contributed by atoms with Crippen LogP contribution in [0.25, 0.3) is 0 Å². The molecule has 23 heavy (non-hydrogen) atoms. The number of hydrogen-bond acceptors (Lipinski definition) is 4. The van der Waals surface area contributed by atoms with Crippen molar-refractivity contribution in [1.82, 2.24) is 10.3 Å². The summed E-state index contributed by atoms with van der Waals surface area (Å²) in [5.74, 6) is 0.527. The molecule has 118 valence electrons. The topological polar surface area (TPSA) is 65.8 Å². The molecule has 4 nitrogen and oxygen atoms in total. The normalized spacial score (nSPS) is 11.5. The second kappa shape index (κ2) is 8.35. The van der Waals surface area contributed by atoms with Crippen LogP contribution in [0.15, 0.2) is 47.5 Å². The van der Waals surface area contributed by atoms with Gasteiger partial charge in [-0.05, 0) is 35.4 Å². The molecule has 0 aliphatic rings. The summed E-state index contributed by atoms with van der Waals surface area (Å²) in [6, 6.07) is 12.8. The highest BCUT2D eigenvalue weighted by atomic mass is 32.2. The van der Waals surface area contributed by atoms with E-state index in [1.165, 1.54) is 5.56 Å². The summed E-state index contributed by atoms with van der Waals surface area (Å²) in [4.78, 5) is 17.5. The average Bonchev–Trinajstić information content (AvgIpc) is 2.60. The Hall–Kier alpha value is -2.32. The van der Waals surface area contributed by atoms with Gasteiger partial charge in [-0.2, -0.15) is 5.26 Å². The molecule has 0 fully saturated rings. The number of carbonyl (C=O) groups excluding carboxylic acids is 1. The maximum absolute atomic E-state index is 12.5. The first-order valence-corrected chi connectivity index (χ1v) is 8.55. The third kappa shape index (κ3) is 4.33. The molecule has 0 saturated heterocycles. The molecule has 1 atom stereocenters. The van der Waals surface area contributed by atoms with Crippen molar-refractivity contribution in [1.29, 1.82) is 5.26 Å². The Bertz CT molecular complexity index is 707. The average molecular weight is 325 g/mol. The maximum atomic E-state index is 12.5. The molecule has 0 aliphatic carbocycles. The Morgan fingerprint density at radius 3 is 2.65 bits per heavy atom. The number of amides is 1. The van der Waals surface area contributed by atoms with Crippen molar-refractivity contribution in [3.05, 3.63) is 59.4 Å². The molecule has 1 heterocycles. The Morgan fingerprint density at radius 2 is 2.04 bits per heavy atom. The number of aryl methyl sites for hydroxylation is 1. The molecule has 1 aromatic heterocycles. The van der Waals surface area contributed by atoms with Crippen LogP contribution >= 0.6 is 11.8 Å². The predicted octanol–water partition coefficient (Wildman–Crippen LogP) is 3.75. The van der Waals surface area contributed by atoms with Crippen LogP contribution in [0.3, 0.4) is 0 Å². The molecule has 1 N–H and O–H groups in total. The second-order valence-electron chi connectivity index (χ2n) is 4.91. The minimum absolute atomic E-state index is 0.326. The number of benzene rings is 1. The minimum Gasteiger partial charge on any atom is -0.331 e. The molecular formula is C18H19N3OS. The Morgan fingerprint density at radius 1 is 1.30 bits per heavy atom. The van der Waals surface area contributed by atoms with Crippen molar-refractivity contribution < 1.29 is 4.79 Å². The lowest BCUT2D eigenvalue weighted by Crippen LogP contribution is -2.28. The summed E-state index contributed by atoms with van der Waals surface area (Å²) in [6.07, 6.45) is 2.53. The second-order valence-corrected chi connectivity index (χ2v) is 6.22. The number of pyridine rings is 1. The van der Waals surface area contributed by atoms with Gasteiger partial charge in [-0.3, -0.25) is 4.79 Å². The SMILES string of the molecule is CCSc1cccnc1C(=O)NC(C#N)c1ccc(CC)cc1. The van der Waals surface area contributed by atoms with E-state index in [-0.39, 0.29) is 5.91 Å². The van der Waals surface area contributed by atoms with Gasteiger partial charge >= 0.3 is 0 Å². The standard InChI is InChI=1S/C18H19N3OS/c1-3-13-7-9-14(10-8-13)15(12-19)21-18(22)17-16(23-4-2)6-5-11-20-17/h5-11,15H,3-4H2,1-2H3,(H,21,22). The van der Waals surface area contributed by atoms with Crippen molar-refractivity contribution in [2.45, 2.75) is 31.2 Å². The summed E-state index contributed by atoms with van der Waals surface area (Å²) in [5, 5.41) is 12.1. The number of aromatic nitrogens is 1.